The van der Waals surface area contributed by atoms with Gasteiger partial charge in [-0.05, 0) is 55.7 Å². The lowest BCUT2D eigenvalue weighted by Gasteiger charge is -2.32. The molecule has 4 rings (SSSR count). The van der Waals surface area contributed by atoms with Crippen molar-refractivity contribution in [3.63, 3.8) is 0 Å². The van der Waals surface area contributed by atoms with Crippen molar-refractivity contribution in [2.24, 2.45) is 0 Å². The van der Waals surface area contributed by atoms with E-state index in [1.54, 1.807) is 0 Å². The van der Waals surface area contributed by atoms with E-state index in [4.69, 9.17) is 0 Å². The molecule has 2 aliphatic heterocycles. The number of fused-ring (bicyclic) bond motifs is 1. The summed E-state index contributed by atoms with van der Waals surface area (Å²) in [4.78, 5) is 14.7. The van der Waals surface area contributed by atoms with Gasteiger partial charge in [0.1, 0.15) is 5.82 Å². The lowest BCUT2D eigenvalue weighted by atomic mass is 10.1. The second-order valence-corrected chi connectivity index (χ2v) is 9.27. The van der Waals surface area contributed by atoms with Gasteiger partial charge in [-0.15, -0.1) is 0 Å². The average Bonchev–Trinajstić information content (AvgIpc) is 2.73. The summed E-state index contributed by atoms with van der Waals surface area (Å²) in [6, 6.07) is 7.09. The molecule has 2 heterocycles. The molecule has 0 bridgehead atoms. The highest BCUT2D eigenvalue weighted by Crippen LogP contribution is 2.42. The second-order valence-electron chi connectivity index (χ2n) is 7.38. The molecule has 5 nitrogen and oxygen atoms in total. The van der Waals surface area contributed by atoms with E-state index in [0.717, 1.165) is 60.7 Å². The van der Waals surface area contributed by atoms with Crippen molar-refractivity contribution in [3.05, 3.63) is 65.0 Å². The molecule has 0 N–H and O–H groups in total. The Morgan fingerprint density at radius 2 is 1.68 bits per heavy atom. The Kier molecular flexibility index (Phi) is 5.28. The monoisotopic (exact) mass is 454 g/mol. The molecule has 0 spiro atoms. The average molecular weight is 454 g/mol. The Hall–Kier alpha value is -2.88. The van der Waals surface area contributed by atoms with Crippen LogP contribution in [-0.4, -0.2) is 32.3 Å². The van der Waals surface area contributed by atoms with Crippen LogP contribution in [0.3, 0.4) is 0 Å². The number of nitrogens with zero attached hydrogens (tertiary/aromatic N) is 2. The summed E-state index contributed by atoms with van der Waals surface area (Å²) in [5, 5.41) is 0. The summed E-state index contributed by atoms with van der Waals surface area (Å²) < 4.78 is 79.9. The molecule has 0 saturated carbocycles. The van der Waals surface area contributed by atoms with E-state index in [1.807, 2.05) is 0 Å². The summed E-state index contributed by atoms with van der Waals surface area (Å²) in [5.41, 5.74) is -1.15. The van der Waals surface area contributed by atoms with Gasteiger partial charge in [0.2, 0.25) is 9.84 Å². The fraction of sp³-hybridized carbons (Fsp3) is 0.286. The van der Waals surface area contributed by atoms with Crippen molar-refractivity contribution in [2.45, 2.75) is 30.3 Å². The molecule has 164 valence electrons. The molecule has 1 fully saturated rings. The first-order valence-corrected chi connectivity index (χ1v) is 11.1. The highest BCUT2D eigenvalue weighted by atomic mass is 32.2. The van der Waals surface area contributed by atoms with E-state index in [2.05, 4.69) is 0 Å². The van der Waals surface area contributed by atoms with Crippen LogP contribution >= 0.6 is 0 Å². The highest BCUT2D eigenvalue weighted by Gasteiger charge is 2.39. The number of amides is 1. The molecule has 1 saturated heterocycles. The summed E-state index contributed by atoms with van der Waals surface area (Å²) in [5.74, 6) is -1.48. The SMILES string of the molecule is O=C(C1=CN(c2cccc(C(F)(F)F)c2)c2cc(F)ccc2S1(=O)=O)N1CCCCC1. The molecular formula is C21H18F4N2O3S. The van der Waals surface area contributed by atoms with Crippen molar-refractivity contribution in [2.75, 3.05) is 18.0 Å². The van der Waals surface area contributed by atoms with Gasteiger partial charge in [0.05, 0.1) is 16.1 Å². The van der Waals surface area contributed by atoms with Crippen LogP contribution in [0.5, 0.6) is 0 Å². The summed E-state index contributed by atoms with van der Waals surface area (Å²) in [6.07, 6.45) is -1.24. The normalized spacial score (nSPS) is 18.4. The van der Waals surface area contributed by atoms with E-state index in [-0.39, 0.29) is 16.3 Å². The number of carbonyl (C=O) groups is 1. The number of alkyl halides is 3. The van der Waals surface area contributed by atoms with Crippen LogP contribution in [0.2, 0.25) is 0 Å². The minimum absolute atomic E-state index is 0.0412. The third kappa shape index (κ3) is 3.91. The van der Waals surface area contributed by atoms with Gasteiger partial charge in [-0.25, -0.2) is 12.8 Å². The van der Waals surface area contributed by atoms with Gasteiger partial charge in [0.15, 0.2) is 4.91 Å². The number of sulfone groups is 1. The number of halogens is 4. The predicted octanol–water partition coefficient (Wildman–Crippen LogP) is 4.62. The summed E-state index contributed by atoms with van der Waals surface area (Å²) >= 11 is 0. The largest absolute Gasteiger partial charge is 0.416 e. The van der Waals surface area contributed by atoms with E-state index in [9.17, 15) is 30.8 Å². The molecule has 0 aliphatic carbocycles. The maximum Gasteiger partial charge on any atom is 0.416 e. The minimum Gasteiger partial charge on any atom is -0.338 e. The molecule has 0 atom stereocenters. The topological polar surface area (TPSA) is 57.7 Å². The number of hydrogen-bond acceptors (Lipinski definition) is 4. The Bertz CT molecular complexity index is 1170. The maximum absolute atomic E-state index is 14.0. The second kappa shape index (κ2) is 7.67. The van der Waals surface area contributed by atoms with Crippen molar-refractivity contribution < 1.29 is 30.8 Å². The molecule has 2 aliphatic rings. The Labute approximate surface area is 176 Å². The van der Waals surface area contributed by atoms with Gasteiger partial charge in [-0.3, -0.25) is 4.79 Å². The van der Waals surface area contributed by atoms with E-state index in [1.165, 1.54) is 17.0 Å². The summed E-state index contributed by atoms with van der Waals surface area (Å²) in [6.45, 7) is 0.789. The fourth-order valence-electron chi connectivity index (χ4n) is 3.75. The van der Waals surface area contributed by atoms with E-state index in [0.29, 0.717) is 13.1 Å². The molecule has 31 heavy (non-hydrogen) atoms. The molecule has 1 amide bonds. The first-order chi connectivity index (χ1) is 14.6. The number of carbonyl (C=O) groups excluding carboxylic acids is 1. The predicted molar refractivity (Wildman–Crippen MR) is 106 cm³/mol. The van der Waals surface area contributed by atoms with Crippen LogP contribution in [0.4, 0.5) is 28.9 Å². The zero-order valence-electron chi connectivity index (χ0n) is 16.2. The van der Waals surface area contributed by atoms with Gasteiger partial charge in [0.25, 0.3) is 5.91 Å². The molecular weight excluding hydrogens is 436 g/mol. The number of piperidine rings is 1. The quantitative estimate of drug-likeness (QED) is 0.491. The third-order valence-corrected chi connectivity index (χ3v) is 7.09. The van der Waals surface area contributed by atoms with Gasteiger partial charge < -0.3 is 9.80 Å². The number of benzene rings is 2. The first kappa shape index (κ1) is 21.4. The zero-order valence-corrected chi connectivity index (χ0v) is 17.0. The standard InChI is InChI=1S/C21H18F4N2O3S/c22-15-7-8-18-17(12-15)27(16-6-4-5-14(11-16)21(23,24)25)13-19(31(18,29)30)20(28)26-9-2-1-3-10-26/h4-8,11-13H,1-3,9-10H2. The number of anilines is 2. The van der Waals surface area contributed by atoms with Crippen LogP contribution in [0.15, 0.2) is 58.5 Å². The lowest BCUT2D eigenvalue weighted by molar-refractivity contribution is -0.137. The summed E-state index contributed by atoms with van der Waals surface area (Å²) in [7, 11) is -4.29. The Morgan fingerprint density at radius 1 is 0.968 bits per heavy atom. The number of likely N-dealkylation sites (tertiary alicyclic amines) is 1. The van der Waals surface area contributed by atoms with Crippen molar-refractivity contribution in [1.82, 2.24) is 4.90 Å². The van der Waals surface area contributed by atoms with Gasteiger partial charge in [0, 0.05) is 25.0 Å². The van der Waals surface area contributed by atoms with Crippen molar-refractivity contribution in [3.8, 4) is 0 Å². The van der Waals surface area contributed by atoms with Gasteiger partial charge in [-0.1, -0.05) is 6.07 Å². The lowest BCUT2D eigenvalue weighted by Crippen LogP contribution is -2.39. The number of rotatable bonds is 2. The van der Waals surface area contributed by atoms with Crippen LogP contribution < -0.4 is 4.90 Å². The van der Waals surface area contributed by atoms with E-state index < -0.39 is 38.2 Å². The first-order valence-electron chi connectivity index (χ1n) is 9.61. The Balaban J connectivity index is 1.88. The molecule has 0 radical (unpaired) electrons. The van der Waals surface area contributed by atoms with Crippen LogP contribution in [0.25, 0.3) is 0 Å². The van der Waals surface area contributed by atoms with E-state index >= 15 is 0 Å². The molecule has 0 unspecified atom stereocenters. The van der Waals surface area contributed by atoms with Crippen molar-refractivity contribution >= 4 is 27.1 Å². The van der Waals surface area contributed by atoms with Crippen LogP contribution in [0, 0.1) is 5.82 Å². The number of hydrogen-bond donors (Lipinski definition) is 0. The Morgan fingerprint density at radius 3 is 2.35 bits per heavy atom. The third-order valence-electron chi connectivity index (χ3n) is 5.31. The zero-order chi connectivity index (χ0) is 22.4. The maximum atomic E-state index is 14.0. The molecule has 2 aromatic carbocycles. The smallest absolute Gasteiger partial charge is 0.338 e. The minimum atomic E-state index is -4.63. The molecule has 0 aromatic heterocycles. The van der Waals surface area contributed by atoms with Crippen molar-refractivity contribution in [1.29, 1.82) is 0 Å². The van der Waals surface area contributed by atoms with Gasteiger partial charge >= 0.3 is 6.18 Å². The fourth-order valence-corrected chi connectivity index (χ4v) is 5.27. The highest BCUT2D eigenvalue weighted by molar-refractivity contribution is 7.96. The van der Waals surface area contributed by atoms with Crippen LogP contribution in [0.1, 0.15) is 24.8 Å². The van der Waals surface area contributed by atoms with Crippen LogP contribution in [-0.2, 0) is 20.8 Å². The molecule has 2 aromatic rings. The van der Waals surface area contributed by atoms with Gasteiger partial charge in [-0.2, -0.15) is 13.2 Å². The molecule has 10 heteroatoms.